The fourth-order valence-corrected chi connectivity index (χ4v) is 4.09. The first-order chi connectivity index (χ1) is 12.0. The van der Waals surface area contributed by atoms with Crippen molar-refractivity contribution in [1.29, 1.82) is 0 Å². The number of carbonyl (C=O) groups excluding carboxylic acids is 2. The molecule has 0 heterocycles. The zero-order valence-electron chi connectivity index (χ0n) is 16.2. The Morgan fingerprint density at radius 2 is 1.08 bits per heavy atom. The van der Waals surface area contributed by atoms with E-state index in [2.05, 4.69) is 10.3 Å². The maximum absolute atomic E-state index is 11.8. The van der Waals surface area contributed by atoms with Crippen LogP contribution in [0.5, 0.6) is 0 Å². The molecule has 0 aliphatic carbocycles. The number of amides is 2. The number of oxime groups is 2. The van der Waals surface area contributed by atoms with Crippen molar-refractivity contribution in [2.45, 2.75) is 52.0 Å². The second kappa shape index (κ2) is 13.4. The lowest BCUT2D eigenvalue weighted by Gasteiger charge is -2.16. The molecule has 0 N–H and O–H groups in total. The minimum atomic E-state index is -0.643. The minimum absolute atomic E-state index is 0.352. The summed E-state index contributed by atoms with van der Waals surface area (Å²) in [6.45, 7) is 11.6. The van der Waals surface area contributed by atoms with Gasteiger partial charge in [0.15, 0.2) is 0 Å². The molecule has 12 heteroatoms. The number of nitrogens with zero attached hydrogens (tertiary/aromatic N) is 4. The first kappa shape index (κ1) is 25.3. The number of rotatable bonds is 7. The Hall–Kier alpha value is -0.720. The summed E-state index contributed by atoms with van der Waals surface area (Å²) in [5.74, 6) is 0. The number of hydrogen-bond donors (Lipinski definition) is 0. The van der Waals surface area contributed by atoms with E-state index in [-0.39, 0.29) is 0 Å². The quantitative estimate of drug-likeness (QED) is 0.131. The molecule has 0 spiro atoms. The molecule has 0 rings (SSSR count). The second-order valence-corrected chi connectivity index (χ2v) is 11.2. The molecule has 26 heavy (non-hydrogen) atoms. The Bertz CT molecular complexity index is 483. The van der Waals surface area contributed by atoms with Crippen molar-refractivity contribution in [3.8, 4) is 0 Å². The molecule has 0 radical (unpaired) electrons. The van der Waals surface area contributed by atoms with Gasteiger partial charge in [0, 0.05) is 46.6 Å². The molecule has 0 aliphatic rings. The van der Waals surface area contributed by atoms with Crippen LogP contribution in [0.15, 0.2) is 10.3 Å². The van der Waals surface area contributed by atoms with E-state index in [1.54, 1.807) is 13.8 Å². The third kappa shape index (κ3) is 12.6. The number of thioether (sulfide) groups is 2. The Morgan fingerprint density at radius 1 is 0.769 bits per heavy atom. The molecule has 0 unspecified atom stereocenters. The third-order valence-electron chi connectivity index (χ3n) is 2.09. The predicted octanol–water partition coefficient (Wildman–Crippen LogP) is 5.28. The molecule has 0 atom stereocenters. The van der Waals surface area contributed by atoms with E-state index in [1.165, 1.54) is 46.2 Å². The van der Waals surface area contributed by atoms with Crippen LogP contribution in [0.25, 0.3) is 0 Å². The lowest BCUT2D eigenvalue weighted by atomic mass is 10.6. The van der Waals surface area contributed by atoms with E-state index in [0.717, 1.165) is 22.0 Å². The topological polar surface area (TPSA) is 83.8 Å². The Labute approximate surface area is 171 Å². The highest BCUT2D eigenvalue weighted by Gasteiger charge is 2.17. The fraction of sp³-hybridized carbons (Fsp3) is 0.714. The summed E-state index contributed by atoms with van der Waals surface area (Å²) < 4.78 is 2.43. The molecule has 2 amide bonds. The van der Waals surface area contributed by atoms with E-state index < -0.39 is 12.2 Å². The zero-order valence-corrected chi connectivity index (χ0v) is 19.5. The van der Waals surface area contributed by atoms with Crippen molar-refractivity contribution in [1.82, 2.24) is 8.61 Å². The van der Waals surface area contributed by atoms with Crippen molar-refractivity contribution >= 4 is 67.8 Å². The highest BCUT2D eigenvalue weighted by molar-refractivity contribution is 8.75. The lowest BCUT2D eigenvalue weighted by molar-refractivity contribution is 0.136. The van der Waals surface area contributed by atoms with Gasteiger partial charge in [-0.05, 0) is 13.8 Å². The van der Waals surface area contributed by atoms with E-state index in [1.807, 2.05) is 27.7 Å². The maximum Gasteiger partial charge on any atom is 0.446 e. The van der Waals surface area contributed by atoms with Crippen molar-refractivity contribution in [3.63, 3.8) is 0 Å². The summed E-state index contributed by atoms with van der Waals surface area (Å²) in [6, 6.07) is 0. The molecule has 150 valence electrons. The van der Waals surface area contributed by atoms with Gasteiger partial charge in [-0.2, -0.15) is 0 Å². The van der Waals surface area contributed by atoms with E-state index in [0.29, 0.717) is 20.6 Å². The van der Waals surface area contributed by atoms with Gasteiger partial charge in [0.1, 0.15) is 10.1 Å². The number of hydrogen-bond acceptors (Lipinski definition) is 10. The minimum Gasteiger partial charge on any atom is -0.296 e. The Kier molecular flexibility index (Phi) is 13.1. The standard InChI is InChI=1S/C14H26N4O4S4/c1-9(2)23-11(5)15-21-13(19)17(7)25-26-18(8)14(20)22-16-12(6)24-10(3)4/h9-10H,1-8H3. The van der Waals surface area contributed by atoms with Crippen LogP contribution in [0, 0.1) is 0 Å². The smallest absolute Gasteiger partial charge is 0.296 e. The Morgan fingerprint density at radius 3 is 1.35 bits per heavy atom. The van der Waals surface area contributed by atoms with E-state index in [4.69, 9.17) is 9.68 Å². The molecule has 0 aromatic rings. The van der Waals surface area contributed by atoms with Crippen LogP contribution in [-0.2, 0) is 9.68 Å². The molecule has 0 fully saturated rings. The van der Waals surface area contributed by atoms with Crippen molar-refractivity contribution < 1.29 is 19.3 Å². The molecular formula is C14H26N4O4S4. The highest BCUT2D eigenvalue weighted by atomic mass is 33.1. The van der Waals surface area contributed by atoms with Crippen LogP contribution in [0.4, 0.5) is 9.59 Å². The molecule has 0 aliphatic heterocycles. The molecule has 0 saturated heterocycles. The molecular weight excluding hydrogens is 416 g/mol. The van der Waals surface area contributed by atoms with Crippen molar-refractivity contribution in [3.05, 3.63) is 0 Å². The molecule has 0 aromatic carbocycles. The van der Waals surface area contributed by atoms with Gasteiger partial charge in [0.25, 0.3) is 0 Å². The summed E-state index contributed by atoms with van der Waals surface area (Å²) in [6.07, 6.45) is -1.29. The van der Waals surface area contributed by atoms with E-state index >= 15 is 0 Å². The maximum atomic E-state index is 11.8. The van der Waals surface area contributed by atoms with Crippen LogP contribution in [0.1, 0.15) is 41.5 Å². The fourth-order valence-electron chi connectivity index (χ4n) is 1.21. The van der Waals surface area contributed by atoms with Crippen LogP contribution in [0.3, 0.4) is 0 Å². The van der Waals surface area contributed by atoms with Crippen LogP contribution in [-0.4, -0.2) is 55.5 Å². The van der Waals surface area contributed by atoms with Gasteiger partial charge in [-0.1, -0.05) is 38.0 Å². The van der Waals surface area contributed by atoms with Gasteiger partial charge in [0.05, 0.1) is 0 Å². The van der Waals surface area contributed by atoms with Gasteiger partial charge in [-0.3, -0.25) is 9.68 Å². The van der Waals surface area contributed by atoms with Crippen LogP contribution >= 0.6 is 45.5 Å². The first-order valence-electron chi connectivity index (χ1n) is 7.69. The summed E-state index contributed by atoms with van der Waals surface area (Å²) in [5, 5.41) is 9.54. The van der Waals surface area contributed by atoms with Crippen LogP contribution < -0.4 is 0 Å². The largest absolute Gasteiger partial charge is 0.446 e. The summed E-state index contributed by atoms with van der Waals surface area (Å²) >= 11 is 3.00. The first-order valence-corrected chi connectivity index (χ1v) is 11.5. The number of carbonyl (C=O) groups is 2. The third-order valence-corrected chi connectivity index (χ3v) is 6.22. The van der Waals surface area contributed by atoms with Crippen LogP contribution in [0.2, 0.25) is 0 Å². The van der Waals surface area contributed by atoms with Gasteiger partial charge in [0.2, 0.25) is 0 Å². The summed E-state index contributed by atoms with van der Waals surface area (Å²) in [7, 11) is 5.03. The van der Waals surface area contributed by atoms with Crippen molar-refractivity contribution in [2.24, 2.45) is 10.3 Å². The van der Waals surface area contributed by atoms with Gasteiger partial charge in [-0.25, -0.2) is 18.2 Å². The van der Waals surface area contributed by atoms with Gasteiger partial charge < -0.3 is 0 Å². The van der Waals surface area contributed by atoms with Gasteiger partial charge in [-0.15, -0.1) is 23.5 Å². The van der Waals surface area contributed by atoms with Crippen molar-refractivity contribution in [2.75, 3.05) is 14.1 Å². The zero-order chi connectivity index (χ0) is 20.3. The molecule has 0 saturated carbocycles. The molecule has 8 nitrogen and oxygen atoms in total. The molecule has 0 aromatic heterocycles. The lowest BCUT2D eigenvalue weighted by Crippen LogP contribution is -2.22. The SMILES string of the molecule is CC(=NOC(=O)N(C)SSN(C)C(=O)ON=C(C)SC(C)C)SC(C)C. The summed E-state index contributed by atoms with van der Waals surface area (Å²) in [4.78, 5) is 33.3. The normalized spacial score (nSPS) is 12.4. The van der Waals surface area contributed by atoms with Gasteiger partial charge >= 0.3 is 12.2 Å². The average Bonchev–Trinajstić information content (AvgIpc) is 2.53. The summed E-state index contributed by atoms with van der Waals surface area (Å²) in [5.41, 5.74) is 0. The highest BCUT2D eigenvalue weighted by Crippen LogP contribution is 2.28. The second-order valence-electron chi connectivity index (χ2n) is 5.41. The Balaban J connectivity index is 4.29. The average molecular weight is 443 g/mol. The molecule has 0 bridgehead atoms. The predicted molar refractivity (Wildman–Crippen MR) is 115 cm³/mol. The monoisotopic (exact) mass is 442 g/mol. The van der Waals surface area contributed by atoms with E-state index in [9.17, 15) is 9.59 Å².